The number of aromatic carboxylic acids is 1. The van der Waals surface area contributed by atoms with Crippen LogP contribution in [0.25, 0.3) is 12.2 Å². The molecule has 2 aromatic carbocycles. The van der Waals surface area contributed by atoms with Crippen LogP contribution in [0.4, 0.5) is 0 Å². The number of ether oxygens (including phenoxy) is 1. The zero-order valence-corrected chi connectivity index (χ0v) is 12.6. The molecule has 0 aromatic heterocycles. The van der Waals surface area contributed by atoms with E-state index in [1.54, 1.807) is 30.5 Å². The summed E-state index contributed by atoms with van der Waals surface area (Å²) in [6, 6.07) is 16.8. The molecule has 0 saturated carbocycles. The predicted octanol–water partition coefficient (Wildman–Crippen LogP) is 4.72. The van der Waals surface area contributed by atoms with Crippen molar-refractivity contribution in [2.45, 2.75) is 6.92 Å². The van der Waals surface area contributed by atoms with Gasteiger partial charge in [-0.1, -0.05) is 61.2 Å². The highest BCUT2D eigenvalue weighted by atomic mass is 16.5. The van der Waals surface area contributed by atoms with E-state index in [2.05, 4.69) is 6.58 Å². The van der Waals surface area contributed by atoms with Crippen LogP contribution in [0.15, 0.2) is 67.4 Å². The molecule has 0 heterocycles. The van der Waals surface area contributed by atoms with Crippen molar-refractivity contribution in [2.75, 3.05) is 6.61 Å². The summed E-state index contributed by atoms with van der Waals surface area (Å²) in [4.78, 5) is 10.5. The molecule has 0 amide bonds. The number of benzene rings is 2. The molecule has 0 atom stereocenters. The van der Waals surface area contributed by atoms with E-state index in [0.29, 0.717) is 11.1 Å². The second-order valence-electron chi connectivity index (χ2n) is 4.27. The molecule has 0 spiro atoms. The molecule has 0 unspecified atom stereocenters. The van der Waals surface area contributed by atoms with Crippen LogP contribution in [0.1, 0.15) is 28.4 Å². The monoisotopic (exact) mass is 296 g/mol. The van der Waals surface area contributed by atoms with Crippen LogP contribution in [0.5, 0.6) is 0 Å². The Kier molecular flexibility index (Phi) is 7.83. The zero-order valence-electron chi connectivity index (χ0n) is 12.6. The number of carboxylic acids is 1. The van der Waals surface area contributed by atoms with Gasteiger partial charge in [0.1, 0.15) is 0 Å². The van der Waals surface area contributed by atoms with E-state index in [1.165, 1.54) is 11.6 Å². The van der Waals surface area contributed by atoms with Crippen molar-refractivity contribution in [3.63, 3.8) is 0 Å². The first kappa shape index (κ1) is 17.2. The second kappa shape index (κ2) is 10.00. The van der Waals surface area contributed by atoms with E-state index in [4.69, 9.17) is 9.84 Å². The topological polar surface area (TPSA) is 46.5 Å². The molecular formula is C19H20O3. The van der Waals surface area contributed by atoms with Gasteiger partial charge in [0, 0.05) is 0 Å². The second-order valence-corrected chi connectivity index (χ2v) is 4.27. The maximum atomic E-state index is 10.5. The minimum absolute atomic E-state index is 0.294. The molecule has 0 aliphatic rings. The summed E-state index contributed by atoms with van der Waals surface area (Å²) in [5, 5.41) is 8.65. The summed E-state index contributed by atoms with van der Waals surface area (Å²) in [6.07, 6.45) is 5.20. The Balaban J connectivity index is 0.000000220. The Morgan fingerprint density at radius 1 is 1.14 bits per heavy atom. The largest absolute Gasteiger partial charge is 0.501 e. The fraction of sp³-hybridized carbons (Fsp3) is 0.105. The molecule has 2 aromatic rings. The molecule has 3 heteroatoms. The lowest BCUT2D eigenvalue weighted by Gasteiger charge is -1.97. The van der Waals surface area contributed by atoms with Gasteiger partial charge in [-0.2, -0.15) is 0 Å². The summed E-state index contributed by atoms with van der Waals surface area (Å²) in [6.45, 7) is 6.20. The lowest BCUT2D eigenvalue weighted by Crippen LogP contribution is -1.98. The summed E-state index contributed by atoms with van der Waals surface area (Å²) < 4.78 is 5.06. The molecule has 2 rings (SSSR count). The van der Waals surface area contributed by atoms with E-state index in [0.717, 1.165) is 6.61 Å². The van der Waals surface area contributed by atoms with Crippen molar-refractivity contribution in [2.24, 2.45) is 0 Å². The van der Waals surface area contributed by atoms with Crippen LogP contribution in [0.3, 0.4) is 0 Å². The van der Waals surface area contributed by atoms with Crippen LogP contribution in [-0.4, -0.2) is 17.7 Å². The van der Waals surface area contributed by atoms with Gasteiger partial charge in [0.15, 0.2) is 0 Å². The standard InChI is InChI=1S/C10H12O.C9H8O2/c1-2-11-9-8-10-6-4-3-5-7-10;1-2-7-5-3-4-6-8(7)9(10)11/h3-9H,2H2,1H3;2-6H,1H2,(H,10,11). The quantitative estimate of drug-likeness (QED) is 0.812. The molecule has 0 bridgehead atoms. The molecule has 1 N–H and O–H groups in total. The Morgan fingerprint density at radius 3 is 2.32 bits per heavy atom. The molecule has 0 radical (unpaired) electrons. The first-order valence-corrected chi connectivity index (χ1v) is 6.97. The summed E-state index contributed by atoms with van der Waals surface area (Å²) in [5.74, 6) is -0.916. The highest BCUT2D eigenvalue weighted by Crippen LogP contribution is 2.09. The van der Waals surface area contributed by atoms with Crippen molar-refractivity contribution in [3.8, 4) is 0 Å². The van der Waals surface area contributed by atoms with Gasteiger partial charge in [-0.15, -0.1) is 0 Å². The molecule has 0 aliphatic heterocycles. The van der Waals surface area contributed by atoms with Gasteiger partial charge in [0.25, 0.3) is 0 Å². The molecule has 114 valence electrons. The number of carbonyl (C=O) groups is 1. The van der Waals surface area contributed by atoms with Crippen molar-refractivity contribution >= 4 is 18.1 Å². The molecular weight excluding hydrogens is 276 g/mol. The third-order valence-corrected chi connectivity index (χ3v) is 2.73. The summed E-state index contributed by atoms with van der Waals surface area (Å²) in [5.41, 5.74) is 2.11. The Hall–Kier alpha value is -2.81. The highest BCUT2D eigenvalue weighted by molar-refractivity contribution is 5.91. The van der Waals surface area contributed by atoms with E-state index >= 15 is 0 Å². The van der Waals surface area contributed by atoms with Crippen LogP contribution < -0.4 is 0 Å². The van der Waals surface area contributed by atoms with Crippen LogP contribution in [0, 0.1) is 0 Å². The summed E-state index contributed by atoms with van der Waals surface area (Å²) >= 11 is 0. The fourth-order valence-electron chi connectivity index (χ4n) is 1.66. The first-order valence-electron chi connectivity index (χ1n) is 6.97. The molecule has 3 nitrogen and oxygen atoms in total. The van der Waals surface area contributed by atoms with Crippen LogP contribution in [0.2, 0.25) is 0 Å². The average Bonchev–Trinajstić information content (AvgIpc) is 2.56. The van der Waals surface area contributed by atoms with Crippen molar-refractivity contribution < 1.29 is 14.6 Å². The summed E-state index contributed by atoms with van der Waals surface area (Å²) in [7, 11) is 0. The van der Waals surface area contributed by atoms with Gasteiger partial charge >= 0.3 is 5.97 Å². The average molecular weight is 296 g/mol. The van der Waals surface area contributed by atoms with E-state index in [-0.39, 0.29) is 0 Å². The third kappa shape index (κ3) is 6.09. The van der Waals surface area contributed by atoms with Gasteiger partial charge in [0.05, 0.1) is 18.4 Å². The van der Waals surface area contributed by atoms with E-state index < -0.39 is 5.97 Å². The Bertz CT molecular complexity index is 616. The minimum atomic E-state index is -0.916. The number of rotatable bonds is 5. The lowest BCUT2D eigenvalue weighted by molar-refractivity contribution is 0.0696. The predicted molar refractivity (Wildman–Crippen MR) is 90.6 cm³/mol. The minimum Gasteiger partial charge on any atom is -0.501 e. The van der Waals surface area contributed by atoms with Crippen molar-refractivity contribution in [1.29, 1.82) is 0 Å². The van der Waals surface area contributed by atoms with Crippen molar-refractivity contribution in [1.82, 2.24) is 0 Å². The molecule has 0 saturated heterocycles. The van der Waals surface area contributed by atoms with Gasteiger partial charge in [0.2, 0.25) is 0 Å². The zero-order chi connectivity index (χ0) is 16.2. The Labute approximate surface area is 131 Å². The maximum absolute atomic E-state index is 10.5. The van der Waals surface area contributed by atoms with E-state index in [1.807, 2.05) is 43.3 Å². The van der Waals surface area contributed by atoms with Gasteiger partial charge in [-0.3, -0.25) is 0 Å². The van der Waals surface area contributed by atoms with E-state index in [9.17, 15) is 4.79 Å². The first-order chi connectivity index (χ1) is 10.7. The highest BCUT2D eigenvalue weighted by Gasteiger charge is 2.04. The van der Waals surface area contributed by atoms with Crippen LogP contribution in [-0.2, 0) is 4.74 Å². The smallest absolute Gasteiger partial charge is 0.336 e. The molecule has 0 aliphatic carbocycles. The fourth-order valence-corrected chi connectivity index (χ4v) is 1.66. The SMILES string of the molecule is C=Cc1ccccc1C(=O)O.CCOC=Cc1ccccc1. The molecule has 0 fully saturated rings. The number of hydrogen-bond acceptors (Lipinski definition) is 2. The number of carboxylic acid groups (broad SMARTS) is 1. The van der Waals surface area contributed by atoms with Crippen LogP contribution >= 0.6 is 0 Å². The maximum Gasteiger partial charge on any atom is 0.336 e. The molecule has 22 heavy (non-hydrogen) atoms. The van der Waals surface area contributed by atoms with Gasteiger partial charge < -0.3 is 9.84 Å². The van der Waals surface area contributed by atoms with Gasteiger partial charge in [-0.05, 0) is 30.2 Å². The number of hydrogen-bond donors (Lipinski definition) is 1. The third-order valence-electron chi connectivity index (χ3n) is 2.73. The normalized spacial score (nSPS) is 9.68. The van der Waals surface area contributed by atoms with Crippen molar-refractivity contribution in [3.05, 3.63) is 84.1 Å². The lowest BCUT2D eigenvalue weighted by atomic mass is 10.1. The van der Waals surface area contributed by atoms with Gasteiger partial charge in [-0.25, -0.2) is 4.79 Å². The Morgan fingerprint density at radius 2 is 1.77 bits per heavy atom.